The van der Waals surface area contributed by atoms with Crippen LogP contribution in [0.5, 0.6) is 0 Å². The Kier molecular flexibility index (Phi) is 11.0. The van der Waals surface area contributed by atoms with Crippen molar-refractivity contribution in [2.24, 2.45) is 5.92 Å². The molecule has 12 heteroatoms. The lowest BCUT2D eigenvalue weighted by Gasteiger charge is -2.39. The fourth-order valence-electron chi connectivity index (χ4n) is 6.60. The molecule has 12 nitrogen and oxygen atoms in total. The van der Waals surface area contributed by atoms with E-state index in [9.17, 15) is 14.4 Å². The van der Waals surface area contributed by atoms with Crippen LogP contribution >= 0.6 is 0 Å². The van der Waals surface area contributed by atoms with Gasteiger partial charge in [0.05, 0.1) is 28.8 Å². The van der Waals surface area contributed by atoms with Crippen molar-refractivity contribution >= 4 is 51.6 Å². The number of nitrogens with zero attached hydrogens (tertiary/aromatic N) is 4. The molecule has 0 radical (unpaired) electrons. The summed E-state index contributed by atoms with van der Waals surface area (Å²) in [6.45, 7) is 10.7. The molecule has 0 aliphatic carbocycles. The number of ether oxygens (including phenoxy) is 2. The second-order valence-corrected chi connectivity index (χ2v) is 14.7. The molecule has 6 rings (SSSR count). The molecule has 4 heterocycles. The smallest absolute Gasteiger partial charge is 0.412 e. The van der Waals surface area contributed by atoms with Crippen molar-refractivity contribution < 1.29 is 23.9 Å². The van der Waals surface area contributed by atoms with Gasteiger partial charge in [0, 0.05) is 43.8 Å². The summed E-state index contributed by atoms with van der Waals surface area (Å²) in [5, 5.41) is 9.56. The number of carbonyl (C=O) groups excluding carboxylic acids is 3. The highest BCUT2D eigenvalue weighted by Crippen LogP contribution is 2.32. The lowest BCUT2D eigenvalue weighted by atomic mass is 9.95. The van der Waals surface area contributed by atoms with Crippen LogP contribution in [0.3, 0.4) is 0 Å². The van der Waals surface area contributed by atoms with Crippen LogP contribution in [0.25, 0.3) is 16.5 Å². The number of likely N-dealkylation sites (N-methyl/N-ethyl adjacent to an activating group) is 1. The van der Waals surface area contributed by atoms with Crippen LogP contribution in [0.4, 0.5) is 26.7 Å². The zero-order chi connectivity index (χ0) is 36.8. The molecular formula is C40H47N7O5. The second-order valence-electron chi connectivity index (χ2n) is 14.7. The fraction of sp³-hybridized carbons (Fsp3) is 0.375. The Bertz CT molecular complexity index is 1960. The van der Waals surface area contributed by atoms with E-state index in [2.05, 4.69) is 50.8 Å². The molecule has 2 atom stereocenters. The summed E-state index contributed by atoms with van der Waals surface area (Å²) in [5.74, 6) is -0.272. The molecule has 0 spiro atoms. The number of hydrogen-bond donors (Lipinski definition) is 3. The number of anilines is 3. The average molecular weight is 706 g/mol. The van der Waals surface area contributed by atoms with Crippen LogP contribution in [0.15, 0.2) is 79.1 Å². The predicted octanol–water partition coefficient (Wildman–Crippen LogP) is 7.09. The highest BCUT2D eigenvalue weighted by molar-refractivity contribution is 6.11. The van der Waals surface area contributed by atoms with E-state index < -0.39 is 23.7 Å². The van der Waals surface area contributed by atoms with Crippen molar-refractivity contribution in [1.82, 2.24) is 20.2 Å². The fourth-order valence-corrected chi connectivity index (χ4v) is 6.60. The summed E-state index contributed by atoms with van der Waals surface area (Å²) in [6, 6.07) is 18.8. The minimum absolute atomic E-state index is 0.0324. The summed E-state index contributed by atoms with van der Waals surface area (Å²) in [6.07, 6.45) is 6.01. The van der Waals surface area contributed by atoms with Gasteiger partial charge in [-0.2, -0.15) is 0 Å². The van der Waals surface area contributed by atoms with Gasteiger partial charge in [-0.05, 0) is 81.5 Å². The number of benzene rings is 2. The molecule has 2 aromatic carbocycles. The first-order chi connectivity index (χ1) is 24.9. The van der Waals surface area contributed by atoms with E-state index in [1.165, 1.54) is 5.57 Å². The van der Waals surface area contributed by atoms with E-state index in [4.69, 9.17) is 14.5 Å². The largest absolute Gasteiger partial charge is 0.444 e. The maximum absolute atomic E-state index is 14.2. The number of hydrogen-bond acceptors (Lipinski definition) is 9. The van der Waals surface area contributed by atoms with Gasteiger partial charge in [-0.1, -0.05) is 55.5 Å². The Morgan fingerprint density at radius 2 is 1.77 bits per heavy atom. The summed E-state index contributed by atoms with van der Waals surface area (Å²) < 4.78 is 11.0. The van der Waals surface area contributed by atoms with Gasteiger partial charge in [-0.3, -0.25) is 15.1 Å². The third kappa shape index (κ3) is 9.43. The van der Waals surface area contributed by atoms with E-state index in [0.717, 1.165) is 48.1 Å². The number of piperidine rings is 1. The molecule has 0 saturated carbocycles. The molecule has 0 bridgehead atoms. The van der Waals surface area contributed by atoms with E-state index in [0.29, 0.717) is 24.3 Å². The van der Waals surface area contributed by atoms with Crippen molar-refractivity contribution in [3.63, 3.8) is 0 Å². The molecule has 2 aromatic heterocycles. The maximum Gasteiger partial charge on any atom is 0.412 e. The topological polar surface area (TPSA) is 138 Å². The second kappa shape index (κ2) is 15.8. The summed E-state index contributed by atoms with van der Waals surface area (Å²) in [5.41, 5.74) is 4.60. The molecule has 1 saturated heterocycles. The quantitative estimate of drug-likeness (QED) is 0.175. The number of fused-ring (bicyclic) bond motifs is 1. The van der Waals surface area contributed by atoms with Crippen molar-refractivity contribution in [1.29, 1.82) is 0 Å². The highest BCUT2D eigenvalue weighted by atomic mass is 16.6. The number of amides is 3. The Morgan fingerprint density at radius 3 is 2.52 bits per heavy atom. The third-order valence-corrected chi connectivity index (χ3v) is 9.03. The van der Waals surface area contributed by atoms with Crippen LogP contribution in [-0.4, -0.2) is 77.8 Å². The molecule has 52 heavy (non-hydrogen) atoms. The normalized spacial score (nSPS) is 17.9. The first kappa shape index (κ1) is 36.3. The predicted molar refractivity (Wildman–Crippen MR) is 203 cm³/mol. The molecular weight excluding hydrogens is 658 g/mol. The van der Waals surface area contributed by atoms with E-state index >= 15 is 0 Å². The first-order valence-corrected chi connectivity index (χ1v) is 17.7. The Labute approximate surface area is 304 Å². The summed E-state index contributed by atoms with van der Waals surface area (Å²) >= 11 is 0. The zero-order valence-electron chi connectivity index (χ0n) is 30.4. The Balaban J connectivity index is 1.27. The molecule has 3 N–H and O–H groups in total. The van der Waals surface area contributed by atoms with Crippen molar-refractivity contribution in [2.45, 2.75) is 58.8 Å². The lowest BCUT2D eigenvalue weighted by Crippen LogP contribution is -2.51. The SMILES string of the molecule is C[C@@H]1C[C@H](NC(=O)OC(C)(C)C)CN(c2ccncc2NC(=O)c2nc3cc(C4=CCN(C)CC4)ccc3cc2NC(=O)OCc2ccccc2)C1. The van der Waals surface area contributed by atoms with Gasteiger partial charge in [-0.25, -0.2) is 14.6 Å². The Hall–Kier alpha value is -5.49. The van der Waals surface area contributed by atoms with Gasteiger partial charge in [0.15, 0.2) is 5.69 Å². The molecule has 0 unspecified atom stereocenters. The van der Waals surface area contributed by atoms with Crippen LogP contribution in [-0.2, 0) is 16.1 Å². The number of alkyl carbamates (subject to hydrolysis) is 1. The number of carbonyl (C=O) groups is 3. The summed E-state index contributed by atoms with van der Waals surface area (Å²) in [4.78, 5) is 53.4. The minimum Gasteiger partial charge on any atom is -0.444 e. The molecule has 272 valence electrons. The number of aromatic nitrogens is 2. The first-order valence-electron chi connectivity index (χ1n) is 17.7. The van der Waals surface area contributed by atoms with Gasteiger partial charge in [0.25, 0.3) is 5.91 Å². The van der Waals surface area contributed by atoms with Crippen LogP contribution in [0.1, 0.15) is 62.2 Å². The van der Waals surface area contributed by atoms with E-state index in [-0.39, 0.29) is 29.9 Å². The van der Waals surface area contributed by atoms with Crippen molar-refractivity contribution in [3.05, 3.63) is 96.0 Å². The number of nitrogens with one attached hydrogen (secondary N) is 3. The van der Waals surface area contributed by atoms with Gasteiger partial charge in [-0.15, -0.1) is 0 Å². The number of rotatable bonds is 8. The molecule has 1 fully saturated rings. The third-order valence-electron chi connectivity index (χ3n) is 9.03. The lowest BCUT2D eigenvalue weighted by molar-refractivity contribution is 0.0495. The van der Waals surface area contributed by atoms with Crippen molar-refractivity contribution in [3.8, 4) is 0 Å². The minimum atomic E-state index is -0.708. The van der Waals surface area contributed by atoms with E-state index in [1.807, 2.05) is 75.4 Å². The van der Waals surface area contributed by atoms with Gasteiger partial charge in [0.1, 0.15) is 12.2 Å². The van der Waals surface area contributed by atoms with Crippen LogP contribution in [0, 0.1) is 5.92 Å². The van der Waals surface area contributed by atoms with Crippen LogP contribution < -0.4 is 20.9 Å². The van der Waals surface area contributed by atoms with Crippen LogP contribution in [0.2, 0.25) is 0 Å². The highest BCUT2D eigenvalue weighted by Gasteiger charge is 2.30. The van der Waals surface area contributed by atoms with Gasteiger partial charge >= 0.3 is 12.2 Å². The molecule has 2 aliphatic heterocycles. The molecule has 4 aromatic rings. The molecule has 3 amide bonds. The van der Waals surface area contributed by atoms with E-state index in [1.54, 1.807) is 18.5 Å². The monoisotopic (exact) mass is 705 g/mol. The molecule has 2 aliphatic rings. The average Bonchev–Trinajstić information content (AvgIpc) is 3.10. The van der Waals surface area contributed by atoms with Crippen molar-refractivity contribution in [2.75, 3.05) is 48.8 Å². The summed E-state index contributed by atoms with van der Waals surface area (Å²) in [7, 11) is 2.10. The van der Waals surface area contributed by atoms with Gasteiger partial charge in [0.2, 0.25) is 0 Å². The number of pyridine rings is 2. The van der Waals surface area contributed by atoms with Gasteiger partial charge < -0.3 is 29.9 Å². The maximum atomic E-state index is 14.2. The standard InChI is InChI=1S/C40H47N7O5/c1-26-19-31(42-39(50)52-40(2,3)4)24-47(23-26)35-13-16-41-22-34(35)44-37(48)36-33(45-38(49)51-25-27-9-7-6-8-10-27)21-30-12-11-29(20-32(30)43-36)28-14-17-46(5)18-15-28/h6-14,16,20-22,26,31H,15,17-19,23-25H2,1-5H3,(H,42,50)(H,44,48)(H,45,49)/t26-,31+/m1/s1. The zero-order valence-corrected chi connectivity index (χ0v) is 30.4. The Morgan fingerprint density at radius 1 is 0.962 bits per heavy atom.